The SMILES string of the molecule is COc1cccc(C(=O)N2C[C@@H](O)[C@H](Oc3ccc(C(=O)O)cc3)C2)c1. The Kier molecular flexibility index (Phi) is 5.09. The molecule has 0 aromatic heterocycles. The first-order chi connectivity index (χ1) is 12.5. The van der Waals surface area contributed by atoms with Crippen LogP contribution in [0.3, 0.4) is 0 Å². The third-order valence-corrected chi connectivity index (χ3v) is 4.23. The Bertz CT molecular complexity index is 804. The molecule has 0 radical (unpaired) electrons. The van der Waals surface area contributed by atoms with Gasteiger partial charge >= 0.3 is 5.97 Å². The number of amides is 1. The van der Waals surface area contributed by atoms with Gasteiger partial charge in [0, 0.05) is 5.56 Å². The van der Waals surface area contributed by atoms with Gasteiger partial charge in [-0.05, 0) is 42.5 Å². The summed E-state index contributed by atoms with van der Waals surface area (Å²) in [6.07, 6.45) is -1.41. The maximum Gasteiger partial charge on any atom is 0.335 e. The number of carbonyl (C=O) groups is 2. The molecule has 2 aromatic carbocycles. The van der Waals surface area contributed by atoms with E-state index in [0.29, 0.717) is 17.1 Å². The van der Waals surface area contributed by atoms with E-state index in [9.17, 15) is 14.7 Å². The van der Waals surface area contributed by atoms with Crippen LogP contribution in [-0.2, 0) is 0 Å². The zero-order valence-corrected chi connectivity index (χ0v) is 14.2. The highest BCUT2D eigenvalue weighted by atomic mass is 16.5. The highest BCUT2D eigenvalue weighted by molar-refractivity contribution is 5.94. The zero-order valence-electron chi connectivity index (χ0n) is 14.2. The molecule has 0 spiro atoms. The molecule has 1 heterocycles. The lowest BCUT2D eigenvalue weighted by Gasteiger charge is -2.17. The number of carbonyl (C=O) groups excluding carboxylic acids is 1. The van der Waals surface area contributed by atoms with E-state index < -0.39 is 18.2 Å². The minimum absolute atomic E-state index is 0.152. The number of methoxy groups -OCH3 is 1. The summed E-state index contributed by atoms with van der Waals surface area (Å²) in [6.45, 7) is 0.395. The maximum absolute atomic E-state index is 12.6. The molecule has 2 N–H and O–H groups in total. The fourth-order valence-electron chi connectivity index (χ4n) is 2.83. The average molecular weight is 357 g/mol. The first-order valence-electron chi connectivity index (χ1n) is 8.09. The van der Waals surface area contributed by atoms with E-state index in [-0.39, 0.29) is 24.6 Å². The normalized spacial score (nSPS) is 19.2. The Morgan fingerprint density at radius 1 is 1.04 bits per heavy atom. The van der Waals surface area contributed by atoms with Crippen molar-refractivity contribution in [3.05, 3.63) is 59.7 Å². The average Bonchev–Trinajstić information content (AvgIpc) is 3.02. The lowest BCUT2D eigenvalue weighted by Crippen LogP contribution is -2.31. The van der Waals surface area contributed by atoms with Crippen LogP contribution < -0.4 is 9.47 Å². The van der Waals surface area contributed by atoms with Gasteiger partial charge in [0.05, 0.1) is 25.8 Å². The molecule has 1 amide bonds. The smallest absolute Gasteiger partial charge is 0.335 e. The molecule has 26 heavy (non-hydrogen) atoms. The van der Waals surface area contributed by atoms with Gasteiger partial charge in [-0.2, -0.15) is 0 Å². The van der Waals surface area contributed by atoms with Crippen LogP contribution in [0.1, 0.15) is 20.7 Å². The van der Waals surface area contributed by atoms with Crippen LogP contribution in [0.15, 0.2) is 48.5 Å². The number of nitrogens with zero attached hydrogens (tertiary/aromatic N) is 1. The monoisotopic (exact) mass is 357 g/mol. The van der Waals surface area contributed by atoms with Crippen LogP contribution in [0, 0.1) is 0 Å². The molecular formula is C19H19NO6. The molecule has 0 saturated carbocycles. The van der Waals surface area contributed by atoms with E-state index in [2.05, 4.69) is 0 Å². The number of likely N-dealkylation sites (tertiary alicyclic amines) is 1. The zero-order chi connectivity index (χ0) is 18.7. The largest absolute Gasteiger partial charge is 0.497 e. The molecule has 7 nitrogen and oxygen atoms in total. The standard InChI is InChI=1S/C19H19NO6/c1-25-15-4-2-3-13(9-15)18(22)20-10-16(21)17(11-20)26-14-7-5-12(6-8-14)19(23)24/h2-9,16-17,21H,10-11H2,1H3,(H,23,24)/t16-,17-/m1/s1. The van der Waals surface area contributed by atoms with Gasteiger partial charge in [-0.1, -0.05) is 6.07 Å². The van der Waals surface area contributed by atoms with Crippen LogP contribution in [-0.4, -0.2) is 59.4 Å². The molecule has 1 aliphatic rings. The second-order valence-corrected chi connectivity index (χ2v) is 6.00. The van der Waals surface area contributed by atoms with Gasteiger partial charge in [-0.3, -0.25) is 4.79 Å². The van der Waals surface area contributed by atoms with Crippen LogP contribution in [0.2, 0.25) is 0 Å². The maximum atomic E-state index is 12.6. The van der Waals surface area contributed by atoms with E-state index in [1.807, 2.05) is 0 Å². The Morgan fingerprint density at radius 2 is 1.77 bits per heavy atom. The summed E-state index contributed by atoms with van der Waals surface area (Å²) in [7, 11) is 1.53. The number of rotatable bonds is 5. The predicted octanol–water partition coefficient (Wildman–Crippen LogP) is 1.66. The van der Waals surface area contributed by atoms with E-state index in [4.69, 9.17) is 14.6 Å². The quantitative estimate of drug-likeness (QED) is 0.845. The van der Waals surface area contributed by atoms with Crippen LogP contribution in [0.4, 0.5) is 0 Å². The van der Waals surface area contributed by atoms with E-state index >= 15 is 0 Å². The van der Waals surface area contributed by atoms with E-state index in [1.165, 1.54) is 36.3 Å². The minimum atomic E-state index is -1.02. The third-order valence-electron chi connectivity index (χ3n) is 4.23. The fourth-order valence-corrected chi connectivity index (χ4v) is 2.83. The van der Waals surface area contributed by atoms with Crippen molar-refractivity contribution >= 4 is 11.9 Å². The Hall–Kier alpha value is -3.06. The molecule has 3 rings (SSSR count). The molecule has 1 saturated heterocycles. The summed E-state index contributed by atoms with van der Waals surface area (Å²) >= 11 is 0. The first kappa shape index (κ1) is 17.8. The molecule has 0 unspecified atom stereocenters. The number of β-amino-alcohol motifs (C(OH)–C–C–N with tert-alkyl or cyclic N) is 1. The second kappa shape index (κ2) is 7.45. The number of aromatic carboxylic acids is 1. The summed E-state index contributed by atoms with van der Waals surface area (Å²) in [6, 6.07) is 12.7. The molecule has 0 aliphatic carbocycles. The number of aliphatic hydroxyl groups is 1. The Morgan fingerprint density at radius 3 is 2.42 bits per heavy atom. The number of carboxylic acids is 1. The number of hydrogen-bond donors (Lipinski definition) is 2. The van der Waals surface area contributed by atoms with Crippen molar-refractivity contribution in [2.24, 2.45) is 0 Å². The van der Waals surface area contributed by atoms with Crippen LogP contribution >= 0.6 is 0 Å². The number of aliphatic hydroxyl groups excluding tert-OH is 1. The lowest BCUT2D eigenvalue weighted by atomic mass is 10.2. The topological polar surface area (TPSA) is 96.3 Å². The van der Waals surface area contributed by atoms with Crippen molar-refractivity contribution in [3.8, 4) is 11.5 Å². The minimum Gasteiger partial charge on any atom is -0.497 e. The first-order valence-corrected chi connectivity index (χ1v) is 8.09. The third kappa shape index (κ3) is 3.78. The summed E-state index contributed by atoms with van der Waals surface area (Å²) in [5, 5.41) is 19.1. The highest BCUT2D eigenvalue weighted by Crippen LogP contribution is 2.22. The van der Waals surface area contributed by atoms with Gasteiger partial charge in [0.15, 0.2) is 0 Å². The van der Waals surface area contributed by atoms with Gasteiger partial charge in [0.1, 0.15) is 23.7 Å². The number of ether oxygens (including phenoxy) is 2. The molecule has 1 aliphatic heterocycles. The van der Waals surface area contributed by atoms with Gasteiger partial charge in [-0.25, -0.2) is 4.79 Å². The number of benzene rings is 2. The summed E-state index contributed by atoms with van der Waals surface area (Å²) < 4.78 is 10.9. The van der Waals surface area contributed by atoms with Gasteiger partial charge < -0.3 is 24.6 Å². The lowest BCUT2D eigenvalue weighted by molar-refractivity contribution is 0.0693. The highest BCUT2D eigenvalue weighted by Gasteiger charge is 2.36. The molecule has 136 valence electrons. The van der Waals surface area contributed by atoms with Gasteiger partial charge in [-0.15, -0.1) is 0 Å². The molecule has 0 bridgehead atoms. The predicted molar refractivity (Wildman–Crippen MR) is 92.7 cm³/mol. The molecular weight excluding hydrogens is 338 g/mol. The fraction of sp³-hybridized carbons (Fsp3) is 0.263. The van der Waals surface area contributed by atoms with Crippen LogP contribution in [0.5, 0.6) is 11.5 Å². The molecule has 7 heteroatoms. The summed E-state index contributed by atoms with van der Waals surface area (Å²) in [5.41, 5.74) is 0.627. The van der Waals surface area contributed by atoms with Gasteiger partial charge in [0.25, 0.3) is 5.91 Å². The Labute approximate surface area is 150 Å². The number of hydrogen-bond acceptors (Lipinski definition) is 5. The van der Waals surface area contributed by atoms with Crippen molar-refractivity contribution in [1.29, 1.82) is 0 Å². The van der Waals surface area contributed by atoms with E-state index in [1.54, 1.807) is 24.3 Å². The summed E-state index contributed by atoms with van der Waals surface area (Å²) in [5.74, 6) is -0.209. The van der Waals surface area contributed by atoms with E-state index in [0.717, 1.165) is 0 Å². The Balaban J connectivity index is 1.67. The van der Waals surface area contributed by atoms with Crippen molar-refractivity contribution in [1.82, 2.24) is 4.90 Å². The van der Waals surface area contributed by atoms with Crippen LogP contribution in [0.25, 0.3) is 0 Å². The van der Waals surface area contributed by atoms with Crippen molar-refractivity contribution < 1.29 is 29.3 Å². The van der Waals surface area contributed by atoms with Crippen molar-refractivity contribution in [2.75, 3.05) is 20.2 Å². The number of carboxylic acid groups (broad SMARTS) is 1. The molecule has 2 aromatic rings. The van der Waals surface area contributed by atoms with Crippen molar-refractivity contribution in [2.45, 2.75) is 12.2 Å². The molecule has 2 atom stereocenters. The van der Waals surface area contributed by atoms with Crippen molar-refractivity contribution in [3.63, 3.8) is 0 Å². The van der Waals surface area contributed by atoms with Gasteiger partial charge in [0.2, 0.25) is 0 Å². The summed E-state index contributed by atoms with van der Waals surface area (Å²) in [4.78, 5) is 25.0. The second-order valence-electron chi connectivity index (χ2n) is 6.00. The molecule has 1 fully saturated rings.